The normalized spacial score (nSPS) is 11.8. The zero-order valence-corrected chi connectivity index (χ0v) is 20.9. The highest BCUT2D eigenvalue weighted by molar-refractivity contribution is 7.27. The Hall–Kier alpha value is -4.46. The van der Waals surface area contributed by atoms with Crippen LogP contribution in [0.5, 0.6) is 0 Å². The Balaban J connectivity index is 1.59. The zero-order valence-electron chi connectivity index (χ0n) is 20.1. The minimum Gasteiger partial charge on any atom is -0.134 e. The van der Waals surface area contributed by atoms with Gasteiger partial charge in [-0.1, -0.05) is 127 Å². The molecule has 8 rings (SSSR count). The van der Waals surface area contributed by atoms with Crippen LogP contribution >= 0.6 is 11.3 Å². The van der Waals surface area contributed by atoms with Gasteiger partial charge in [-0.05, 0) is 55.3 Å². The van der Waals surface area contributed by atoms with Gasteiger partial charge in [0.25, 0.3) is 0 Å². The second-order valence-corrected chi connectivity index (χ2v) is 10.7. The molecule has 0 N–H and O–H groups in total. The minimum absolute atomic E-state index is 1.26. The van der Waals surface area contributed by atoms with Crippen molar-refractivity contribution < 1.29 is 0 Å². The molecule has 0 aliphatic carbocycles. The smallest absolute Gasteiger partial charge is 0.0440 e. The quantitative estimate of drug-likeness (QED) is 0.213. The number of hydrogen-bond acceptors (Lipinski definition) is 1. The van der Waals surface area contributed by atoms with Crippen LogP contribution in [0, 0.1) is 0 Å². The lowest BCUT2D eigenvalue weighted by molar-refractivity contribution is 1.66. The van der Waals surface area contributed by atoms with E-state index in [0.29, 0.717) is 0 Å². The topological polar surface area (TPSA) is 0 Å². The average molecular weight is 487 g/mol. The van der Waals surface area contributed by atoms with Crippen molar-refractivity contribution in [2.24, 2.45) is 0 Å². The van der Waals surface area contributed by atoms with Crippen LogP contribution in [0.4, 0.5) is 0 Å². The molecule has 0 saturated carbocycles. The Morgan fingerprint density at radius 1 is 0.351 bits per heavy atom. The van der Waals surface area contributed by atoms with Gasteiger partial charge in [0.2, 0.25) is 0 Å². The number of hydrogen-bond donors (Lipinski definition) is 0. The second-order valence-electron chi connectivity index (χ2n) is 9.69. The molecule has 1 heteroatoms. The van der Waals surface area contributed by atoms with Gasteiger partial charge in [-0.25, -0.2) is 0 Å². The molecule has 0 bridgehead atoms. The molecule has 8 aromatic rings. The summed E-state index contributed by atoms with van der Waals surface area (Å²) in [6, 6.07) is 48.8. The lowest BCUT2D eigenvalue weighted by Gasteiger charge is -2.11. The molecular formula is C36H22S. The molecule has 0 fully saturated rings. The van der Waals surface area contributed by atoms with Crippen molar-refractivity contribution in [1.82, 2.24) is 0 Å². The molecule has 0 nitrogen and oxygen atoms in total. The molecule has 1 heterocycles. The lowest BCUT2D eigenvalue weighted by Crippen LogP contribution is -1.85. The molecule has 0 radical (unpaired) electrons. The summed E-state index contributed by atoms with van der Waals surface area (Å²) in [6.07, 6.45) is 0. The molecule has 0 saturated heterocycles. The molecule has 0 aliphatic heterocycles. The van der Waals surface area contributed by atoms with Crippen LogP contribution in [0.1, 0.15) is 0 Å². The van der Waals surface area contributed by atoms with Crippen LogP contribution in [0.3, 0.4) is 0 Å². The number of thiophene rings is 1. The van der Waals surface area contributed by atoms with E-state index in [-0.39, 0.29) is 0 Å². The van der Waals surface area contributed by atoms with Crippen molar-refractivity contribution in [3.8, 4) is 22.3 Å². The maximum absolute atomic E-state index is 2.34. The first kappa shape index (κ1) is 20.7. The van der Waals surface area contributed by atoms with Crippen LogP contribution in [0.2, 0.25) is 0 Å². The van der Waals surface area contributed by atoms with Crippen LogP contribution in [-0.4, -0.2) is 0 Å². The molecule has 0 amide bonds. The fraction of sp³-hybridized carbons (Fsp3) is 0. The Morgan fingerprint density at radius 2 is 0.973 bits per heavy atom. The van der Waals surface area contributed by atoms with Gasteiger partial charge in [-0.2, -0.15) is 0 Å². The molecule has 172 valence electrons. The summed E-state index contributed by atoms with van der Waals surface area (Å²) >= 11 is 1.94. The van der Waals surface area contributed by atoms with Gasteiger partial charge < -0.3 is 0 Å². The Morgan fingerprint density at radius 3 is 1.78 bits per heavy atom. The molecule has 0 aliphatic rings. The molecular weight excluding hydrogens is 464 g/mol. The minimum atomic E-state index is 1.26. The van der Waals surface area contributed by atoms with Crippen molar-refractivity contribution in [2.75, 3.05) is 0 Å². The zero-order chi connectivity index (χ0) is 24.3. The molecule has 0 spiro atoms. The maximum atomic E-state index is 2.34. The van der Waals surface area contributed by atoms with Gasteiger partial charge in [0.1, 0.15) is 0 Å². The van der Waals surface area contributed by atoms with Crippen molar-refractivity contribution in [3.05, 3.63) is 133 Å². The van der Waals surface area contributed by atoms with Crippen LogP contribution < -0.4 is 0 Å². The molecule has 37 heavy (non-hydrogen) atoms. The Bertz CT molecular complexity index is 2130. The van der Waals surface area contributed by atoms with Crippen molar-refractivity contribution in [1.29, 1.82) is 0 Å². The van der Waals surface area contributed by atoms with E-state index in [1.807, 2.05) is 11.3 Å². The summed E-state index contributed by atoms with van der Waals surface area (Å²) in [5.74, 6) is 0. The first-order chi connectivity index (χ1) is 18.4. The monoisotopic (exact) mass is 486 g/mol. The van der Waals surface area contributed by atoms with E-state index in [1.165, 1.54) is 74.7 Å². The van der Waals surface area contributed by atoms with Crippen LogP contribution in [0.25, 0.3) is 74.7 Å². The number of benzene rings is 7. The highest BCUT2D eigenvalue weighted by Crippen LogP contribution is 2.49. The third-order valence-electron chi connectivity index (χ3n) is 7.64. The van der Waals surface area contributed by atoms with Gasteiger partial charge in [0.05, 0.1) is 0 Å². The average Bonchev–Trinajstić information content (AvgIpc) is 3.38. The second kappa shape index (κ2) is 8.03. The third-order valence-corrected chi connectivity index (χ3v) is 8.90. The summed E-state index contributed by atoms with van der Waals surface area (Å²) in [7, 11) is 0. The summed E-state index contributed by atoms with van der Waals surface area (Å²) < 4.78 is 2.72. The number of fused-ring (bicyclic) bond motifs is 9. The predicted molar refractivity (Wildman–Crippen MR) is 163 cm³/mol. The number of rotatable bonds is 2. The summed E-state index contributed by atoms with van der Waals surface area (Å²) in [4.78, 5) is 0. The first-order valence-corrected chi connectivity index (χ1v) is 13.5. The van der Waals surface area contributed by atoms with E-state index in [1.54, 1.807) is 0 Å². The van der Waals surface area contributed by atoms with Gasteiger partial charge in [-0.3, -0.25) is 0 Å². The highest BCUT2D eigenvalue weighted by atomic mass is 32.1. The van der Waals surface area contributed by atoms with E-state index >= 15 is 0 Å². The molecule has 7 aromatic carbocycles. The van der Waals surface area contributed by atoms with Crippen molar-refractivity contribution in [2.45, 2.75) is 0 Å². The Labute approximate surface area is 219 Å². The summed E-state index contributed by atoms with van der Waals surface area (Å²) in [5, 5.41) is 10.6. The first-order valence-electron chi connectivity index (χ1n) is 12.7. The standard InChI is InChI=1S/C36H22S/c1-2-11-24(12-3-1)27-20-21-28(26-19-18-23-10-4-5-13-25(23)22-26)35-33(27)34-31-16-8-6-14-29(31)30-15-7-9-17-32(30)36(34)37-35/h1-22H. The SMILES string of the molecule is c1ccc(-c2ccc(-c3ccc4ccccc4c3)c3sc4c5ccccc5c5ccccc5c4c23)cc1. The van der Waals surface area contributed by atoms with Gasteiger partial charge in [-0.15, -0.1) is 11.3 Å². The van der Waals surface area contributed by atoms with E-state index in [4.69, 9.17) is 0 Å². The van der Waals surface area contributed by atoms with E-state index < -0.39 is 0 Å². The van der Waals surface area contributed by atoms with Crippen LogP contribution in [0.15, 0.2) is 133 Å². The lowest BCUT2D eigenvalue weighted by atomic mass is 9.91. The predicted octanol–water partition coefficient (Wildman–Crippen LogP) is 10.8. The fourth-order valence-corrected chi connectivity index (χ4v) is 7.36. The summed E-state index contributed by atoms with van der Waals surface area (Å²) in [5.41, 5.74) is 5.12. The third kappa shape index (κ3) is 3.08. The molecule has 1 aromatic heterocycles. The van der Waals surface area contributed by atoms with E-state index in [0.717, 1.165) is 0 Å². The van der Waals surface area contributed by atoms with Gasteiger partial charge in [0.15, 0.2) is 0 Å². The van der Waals surface area contributed by atoms with E-state index in [2.05, 4.69) is 133 Å². The molecule has 0 unspecified atom stereocenters. The van der Waals surface area contributed by atoms with E-state index in [9.17, 15) is 0 Å². The van der Waals surface area contributed by atoms with Gasteiger partial charge >= 0.3 is 0 Å². The van der Waals surface area contributed by atoms with Crippen molar-refractivity contribution >= 4 is 63.8 Å². The van der Waals surface area contributed by atoms with Crippen molar-refractivity contribution in [3.63, 3.8) is 0 Å². The molecule has 0 atom stereocenters. The largest absolute Gasteiger partial charge is 0.134 e. The Kier molecular flexibility index (Phi) is 4.49. The fourth-order valence-electron chi connectivity index (χ4n) is 5.94. The van der Waals surface area contributed by atoms with Gasteiger partial charge in [0, 0.05) is 25.6 Å². The maximum Gasteiger partial charge on any atom is 0.0440 e. The highest BCUT2D eigenvalue weighted by Gasteiger charge is 2.19. The summed E-state index contributed by atoms with van der Waals surface area (Å²) in [6.45, 7) is 0. The van der Waals surface area contributed by atoms with Crippen LogP contribution in [-0.2, 0) is 0 Å².